The number of rotatable bonds is 5. The zero-order valence-electron chi connectivity index (χ0n) is 11.0. The van der Waals surface area contributed by atoms with Gasteiger partial charge in [-0.3, -0.25) is 9.78 Å². The molecule has 0 aromatic carbocycles. The highest BCUT2D eigenvalue weighted by Crippen LogP contribution is 2.25. The molecule has 2 aromatic heterocycles. The van der Waals surface area contributed by atoms with Crippen molar-refractivity contribution in [1.82, 2.24) is 9.97 Å². The molecule has 0 saturated carbocycles. The van der Waals surface area contributed by atoms with Gasteiger partial charge in [-0.15, -0.1) is 11.3 Å². The molecule has 2 heterocycles. The molecule has 0 saturated heterocycles. The maximum absolute atomic E-state index is 11.0. The molecular formula is C14H16N2O2S. The van der Waals surface area contributed by atoms with Crippen molar-refractivity contribution < 1.29 is 9.53 Å². The van der Waals surface area contributed by atoms with Crippen LogP contribution in [-0.2, 0) is 16.0 Å². The normalized spacial score (nSPS) is 10.4. The number of nitrogens with zero attached hydrogens (tertiary/aromatic N) is 2. The fraction of sp³-hybridized carbons (Fsp3) is 0.357. The molecule has 5 heteroatoms. The molecule has 19 heavy (non-hydrogen) atoms. The minimum Gasteiger partial charge on any atom is -0.469 e. The van der Waals surface area contributed by atoms with E-state index in [1.165, 1.54) is 7.11 Å². The molecule has 0 fully saturated rings. The van der Waals surface area contributed by atoms with Crippen LogP contribution in [0.2, 0.25) is 0 Å². The summed E-state index contributed by atoms with van der Waals surface area (Å²) in [6.07, 6.45) is 3.77. The van der Waals surface area contributed by atoms with Gasteiger partial charge in [-0.05, 0) is 31.4 Å². The predicted octanol–water partition coefficient (Wildman–Crippen LogP) is 3.01. The van der Waals surface area contributed by atoms with Gasteiger partial charge in [0.15, 0.2) is 0 Å². The first-order valence-electron chi connectivity index (χ1n) is 6.14. The van der Waals surface area contributed by atoms with Crippen molar-refractivity contribution in [1.29, 1.82) is 0 Å². The number of aryl methyl sites for hydroxylation is 2. The average Bonchev–Trinajstić information content (AvgIpc) is 2.87. The van der Waals surface area contributed by atoms with Crippen molar-refractivity contribution in [2.45, 2.75) is 26.2 Å². The van der Waals surface area contributed by atoms with Crippen molar-refractivity contribution in [2.75, 3.05) is 7.11 Å². The molecule has 0 aliphatic rings. The van der Waals surface area contributed by atoms with Crippen LogP contribution in [0, 0.1) is 6.92 Å². The topological polar surface area (TPSA) is 52.1 Å². The number of esters is 1. The highest BCUT2D eigenvalue weighted by molar-refractivity contribution is 7.13. The third-order valence-corrected chi connectivity index (χ3v) is 3.70. The van der Waals surface area contributed by atoms with Gasteiger partial charge in [0, 0.05) is 18.0 Å². The summed E-state index contributed by atoms with van der Waals surface area (Å²) in [6, 6.07) is 3.95. The van der Waals surface area contributed by atoms with Crippen LogP contribution < -0.4 is 0 Å². The molecular weight excluding hydrogens is 260 g/mol. The van der Waals surface area contributed by atoms with Crippen LogP contribution in [0.4, 0.5) is 0 Å². The summed E-state index contributed by atoms with van der Waals surface area (Å²) in [7, 11) is 1.41. The number of hydrogen-bond donors (Lipinski definition) is 0. The molecule has 2 aromatic rings. The number of carbonyl (C=O) groups is 1. The standard InChI is InChI=1S/C14H16N2O2S/c1-10-5-4-8-15-13(10)14-16-11(9-19-14)6-3-7-12(17)18-2/h4-5,8-9H,3,6-7H2,1-2H3. The summed E-state index contributed by atoms with van der Waals surface area (Å²) in [6.45, 7) is 2.03. The number of pyridine rings is 1. The van der Waals surface area contributed by atoms with Crippen LogP contribution in [0.25, 0.3) is 10.7 Å². The first-order valence-corrected chi connectivity index (χ1v) is 7.02. The Kier molecular flexibility index (Phi) is 4.63. The maximum Gasteiger partial charge on any atom is 0.305 e. The molecule has 0 radical (unpaired) electrons. The fourth-order valence-corrected chi connectivity index (χ4v) is 2.67. The lowest BCUT2D eigenvalue weighted by Crippen LogP contribution is -2.00. The molecule has 0 spiro atoms. The second-order valence-corrected chi connectivity index (χ2v) is 5.10. The van der Waals surface area contributed by atoms with E-state index in [9.17, 15) is 4.79 Å². The Labute approximate surface area is 116 Å². The number of hydrogen-bond acceptors (Lipinski definition) is 5. The van der Waals surface area contributed by atoms with Crippen LogP contribution in [0.3, 0.4) is 0 Å². The smallest absolute Gasteiger partial charge is 0.305 e. The van der Waals surface area contributed by atoms with Crippen LogP contribution in [0.15, 0.2) is 23.7 Å². The first kappa shape index (κ1) is 13.7. The summed E-state index contributed by atoms with van der Waals surface area (Å²) in [5, 5.41) is 2.96. The van der Waals surface area contributed by atoms with Crippen molar-refractivity contribution in [3.8, 4) is 10.7 Å². The third kappa shape index (κ3) is 3.61. The van der Waals surface area contributed by atoms with Crippen molar-refractivity contribution >= 4 is 17.3 Å². The van der Waals surface area contributed by atoms with E-state index >= 15 is 0 Å². The van der Waals surface area contributed by atoms with Gasteiger partial charge in [-0.25, -0.2) is 4.98 Å². The fourth-order valence-electron chi connectivity index (χ4n) is 1.76. The molecule has 0 amide bonds. The Morgan fingerprint density at radius 3 is 3.05 bits per heavy atom. The van der Waals surface area contributed by atoms with Gasteiger partial charge in [0.25, 0.3) is 0 Å². The molecule has 0 atom stereocenters. The van der Waals surface area contributed by atoms with E-state index < -0.39 is 0 Å². The van der Waals surface area contributed by atoms with Gasteiger partial charge in [0.05, 0.1) is 12.8 Å². The van der Waals surface area contributed by atoms with Gasteiger partial charge in [-0.2, -0.15) is 0 Å². The van der Waals surface area contributed by atoms with Crippen molar-refractivity contribution in [3.63, 3.8) is 0 Å². The highest BCUT2D eigenvalue weighted by atomic mass is 32.1. The molecule has 0 aliphatic carbocycles. The van der Waals surface area contributed by atoms with Gasteiger partial charge >= 0.3 is 5.97 Å². The highest BCUT2D eigenvalue weighted by Gasteiger charge is 2.09. The Hall–Kier alpha value is -1.75. The molecule has 100 valence electrons. The average molecular weight is 276 g/mol. The lowest BCUT2D eigenvalue weighted by atomic mass is 10.2. The largest absolute Gasteiger partial charge is 0.469 e. The maximum atomic E-state index is 11.0. The second kappa shape index (κ2) is 6.43. The Morgan fingerprint density at radius 2 is 2.32 bits per heavy atom. The molecule has 0 aliphatic heterocycles. The van der Waals surface area contributed by atoms with E-state index in [4.69, 9.17) is 0 Å². The van der Waals surface area contributed by atoms with E-state index in [1.807, 2.05) is 24.4 Å². The SMILES string of the molecule is COC(=O)CCCc1csc(-c2ncccc2C)n1. The summed E-state index contributed by atoms with van der Waals surface area (Å²) in [5.74, 6) is -0.170. The Bertz CT molecular complexity index is 566. The molecule has 2 rings (SSSR count). The molecule has 4 nitrogen and oxygen atoms in total. The van der Waals surface area contributed by atoms with Gasteiger partial charge in [-0.1, -0.05) is 6.07 Å². The Morgan fingerprint density at radius 1 is 1.47 bits per heavy atom. The summed E-state index contributed by atoms with van der Waals surface area (Å²) in [4.78, 5) is 19.9. The van der Waals surface area contributed by atoms with Crippen molar-refractivity contribution in [3.05, 3.63) is 35.0 Å². The van der Waals surface area contributed by atoms with Crippen molar-refractivity contribution in [2.24, 2.45) is 0 Å². The number of aromatic nitrogens is 2. The zero-order valence-corrected chi connectivity index (χ0v) is 11.9. The molecule has 0 unspecified atom stereocenters. The van der Waals surface area contributed by atoms with Gasteiger partial charge < -0.3 is 4.74 Å². The third-order valence-electron chi connectivity index (χ3n) is 2.81. The Balaban J connectivity index is 2.00. The van der Waals surface area contributed by atoms with E-state index in [0.29, 0.717) is 6.42 Å². The first-order chi connectivity index (χ1) is 9.20. The molecule has 0 N–H and O–H groups in total. The lowest BCUT2D eigenvalue weighted by Gasteiger charge is -1.99. The zero-order chi connectivity index (χ0) is 13.7. The molecule has 0 bridgehead atoms. The van der Waals surface area contributed by atoms with Crippen LogP contribution in [-0.4, -0.2) is 23.0 Å². The number of ether oxygens (including phenoxy) is 1. The van der Waals surface area contributed by atoms with Gasteiger partial charge in [0.2, 0.25) is 0 Å². The minimum absolute atomic E-state index is 0.170. The van der Waals surface area contributed by atoms with E-state index in [0.717, 1.165) is 34.8 Å². The van der Waals surface area contributed by atoms with Gasteiger partial charge in [0.1, 0.15) is 10.7 Å². The minimum atomic E-state index is -0.170. The number of carbonyl (C=O) groups excluding carboxylic acids is 1. The number of thiazole rings is 1. The summed E-state index contributed by atoms with van der Waals surface area (Å²) >= 11 is 1.59. The van der Waals surface area contributed by atoms with E-state index in [2.05, 4.69) is 14.7 Å². The van der Waals surface area contributed by atoms with Crippen LogP contribution >= 0.6 is 11.3 Å². The lowest BCUT2D eigenvalue weighted by molar-refractivity contribution is -0.140. The van der Waals surface area contributed by atoms with Crippen LogP contribution in [0.1, 0.15) is 24.1 Å². The number of methoxy groups -OCH3 is 1. The monoisotopic (exact) mass is 276 g/mol. The second-order valence-electron chi connectivity index (χ2n) is 4.24. The van der Waals surface area contributed by atoms with Crippen LogP contribution in [0.5, 0.6) is 0 Å². The van der Waals surface area contributed by atoms with E-state index in [1.54, 1.807) is 17.5 Å². The quantitative estimate of drug-likeness (QED) is 0.788. The van der Waals surface area contributed by atoms with E-state index in [-0.39, 0.29) is 5.97 Å². The predicted molar refractivity (Wildman–Crippen MR) is 75.0 cm³/mol. The summed E-state index contributed by atoms with van der Waals surface area (Å²) in [5.41, 5.74) is 3.07. The summed E-state index contributed by atoms with van der Waals surface area (Å²) < 4.78 is 4.61.